The number of ether oxygens (including phenoxy) is 1. The van der Waals surface area contributed by atoms with Crippen LogP contribution in [0.5, 0.6) is 5.75 Å². The lowest BCUT2D eigenvalue weighted by molar-refractivity contribution is -0.118. The maximum Gasteiger partial charge on any atom is 0.255 e. The van der Waals surface area contributed by atoms with E-state index >= 15 is 0 Å². The molecule has 0 spiro atoms. The van der Waals surface area contributed by atoms with E-state index in [2.05, 4.69) is 16.0 Å². The van der Waals surface area contributed by atoms with Gasteiger partial charge in [0.15, 0.2) is 0 Å². The molecule has 1 saturated heterocycles. The maximum absolute atomic E-state index is 12.4. The van der Waals surface area contributed by atoms with Crippen molar-refractivity contribution in [3.63, 3.8) is 0 Å². The lowest BCUT2D eigenvalue weighted by atomic mass is 10.0. The Labute approximate surface area is 171 Å². The fraction of sp³-hybridized carbons (Fsp3) is 0.333. The first-order chi connectivity index (χ1) is 13.2. The largest absolute Gasteiger partial charge is 0.494 e. The third-order valence-corrected chi connectivity index (χ3v) is 4.46. The molecule has 1 fully saturated rings. The molecule has 1 aliphatic rings. The molecule has 0 radical (unpaired) electrons. The van der Waals surface area contributed by atoms with E-state index in [1.165, 1.54) is 0 Å². The van der Waals surface area contributed by atoms with Crippen LogP contribution in [0.1, 0.15) is 36.5 Å². The van der Waals surface area contributed by atoms with Gasteiger partial charge in [-0.05, 0) is 74.8 Å². The number of benzene rings is 2. The van der Waals surface area contributed by atoms with Gasteiger partial charge in [-0.25, -0.2) is 0 Å². The molecule has 1 aliphatic heterocycles. The van der Waals surface area contributed by atoms with Gasteiger partial charge in [-0.3, -0.25) is 9.59 Å². The summed E-state index contributed by atoms with van der Waals surface area (Å²) in [6.07, 6.45) is 3.03. The van der Waals surface area contributed by atoms with E-state index in [1.807, 2.05) is 19.1 Å². The summed E-state index contributed by atoms with van der Waals surface area (Å²) in [7, 11) is 0. The fourth-order valence-electron chi connectivity index (χ4n) is 3.01. The molecule has 0 saturated carbocycles. The smallest absolute Gasteiger partial charge is 0.255 e. The number of halogens is 1. The number of amides is 2. The quantitative estimate of drug-likeness (QED) is 0.684. The van der Waals surface area contributed by atoms with Gasteiger partial charge in [0.2, 0.25) is 5.91 Å². The van der Waals surface area contributed by atoms with Crippen molar-refractivity contribution in [2.24, 2.45) is 0 Å². The second-order valence-electron chi connectivity index (χ2n) is 6.48. The van der Waals surface area contributed by atoms with Gasteiger partial charge in [-0.1, -0.05) is 6.42 Å². The molecular formula is C21H26ClN3O3. The minimum atomic E-state index is -0.203. The summed E-state index contributed by atoms with van der Waals surface area (Å²) in [5.41, 5.74) is 1.91. The number of anilines is 2. The zero-order chi connectivity index (χ0) is 19.1. The zero-order valence-corrected chi connectivity index (χ0v) is 16.7. The van der Waals surface area contributed by atoms with E-state index in [9.17, 15) is 9.59 Å². The normalized spacial score (nSPS) is 15.8. The van der Waals surface area contributed by atoms with Crippen LogP contribution in [0, 0.1) is 0 Å². The van der Waals surface area contributed by atoms with Gasteiger partial charge in [-0.15, -0.1) is 12.4 Å². The lowest BCUT2D eigenvalue weighted by Crippen LogP contribution is -2.43. The molecule has 2 aromatic rings. The summed E-state index contributed by atoms with van der Waals surface area (Å²) in [5, 5.41) is 8.97. The Hall–Kier alpha value is -2.57. The number of piperidine rings is 1. The summed E-state index contributed by atoms with van der Waals surface area (Å²) >= 11 is 0. The van der Waals surface area contributed by atoms with E-state index in [4.69, 9.17) is 4.74 Å². The van der Waals surface area contributed by atoms with Crippen molar-refractivity contribution in [2.45, 2.75) is 32.2 Å². The predicted octanol–water partition coefficient (Wildman–Crippen LogP) is 3.84. The Balaban J connectivity index is 0.00000280. The van der Waals surface area contributed by atoms with Crippen LogP contribution in [0.15, 0.2) is 48.5 Å². The predicted molar refractivity (Wildman–Crippen MR) is 114 cm³/mol. The lowest BCUT2D eigenvalue weighted by Gasteiger charge is -2.22. The van der Waals surface area contributed by atoms with Crippen LogP contribution in [0.4, 0.5) is 11.4 Å². The number of carbonyl (C=O) groups is 2. The van der Waals surface area contributed by atoms with Gasteiger partial charge in [0.25, 0.3) is 5.91 Å². The van der Waals surface area contributed by atoms with Crippen molar-refractivity contribution in [3.8, 4) is 5.75 Å². The highest BCUT2D eigenvalue weighted by Crippen LogP contribution is 2.17. The first-order valence-corrected chi connectivity index (χ1v) is 9.34. The number of hydrogen-bond donors (Lipinski definition) is 3. The zero-order valence-electron chi connectivity index (χ0n) is 15.9. The summed E-state index contributed by atoms with van der Waals surface area (Å²) in [6.45, 7) is 3.40. The third-order valence-electron chi connectivity index (χ3n) is 4.46. The average molecular weight is 404 g/mol. The topological polar surface area (TPSA) is 79.5 Å². The highest BCUT2D eigenvalue weighted by atomic mass is 35.5. The van der Waals surface area contributed by atoms with E-state index < -0.39 is 0 Å². The molecule has 2 amide bonds. The standard InChI is InChI=1S/C21H25N3O3.ClH/c1-2-27-18-12-10-17(11-13-18)23-20(25)15-6-8-16(9-7-15)24-21(26)19-5-3-4-14-22-19;/h6-13,19,22H,2-5,14H2,1H3,(H,23,25)(H,24,26);1H. The molecule has 1 heterocycles. The van der Waals surface area contributed by atoms with Crippen molar-refractivity contribution < 1.29 is 14.3 Å². The summed E-state index contributed by atoms with van der Waals surface area (Å²) in [4.78, 5) is 24.6. The molecule has 150 valence electrons. The summed E-state index contributed by atoms with van der Waals surface area (Å²) in [6, 6.07) is 14.0. The van der Waals surface area contributed by atoms with E-state index in [1.54, 1.807) is 36.4 Å². The van der Waals surface area contributed by atoms with Gasteiger partial charge in [0, 0.05) is 16.9 Å². The number of carbonyl (C=O) groups excluding carboxylic acids is 2. The number of hydrogen-bond acceptors (Lipinski definition) is 4. The number of nitrogens with one attached hydrogen (secondary N) is 3. The van der Waals surface area contributed by atoms with Gasteiger partial charge >= 0.3 is 0 Å². The van der Waals surface area contributed by atoms with E-state index in [0.29, 0.717) is 23.5 Å². The monoisotopic (exact) mass is 403 g/mol. The molecule has 7 heteroatoms. The first kappa shape index (κ1) is 21.7. The average Bonchev–Trinajstić information content (AvgIpc) is 2.71. The van der Waals surface area contributed by atoms with Gasteiger partial charge in [-0.2, -0.15) is 0 Å². The fourth-order valence-corrected chi connectivity index (χ4v) is 3.01. The Bertz CT molecular complexity index is 772. The van der Waals surface area contributed by atoms with Crippen molar-refractivity contribution in [2.75, 3.05) is 23.8 Å². The molecular weight excluding hydrogens is 378 g/mol. The highest BCUT2D eigenvalue weighted by molar-refractivity contribution is 6.04. The van der Waals surface area contributed by atoms with Crippen LogP contribution >= 0.6 is 12.4 Å². The van der Waals surface area contributed by atoms with Crippen molar-refractivity contribution in [1.82, 2.24) is 5.32 Å². The SMILES string of the molecule is CCOc1ccc(NC(=O)c2ccc(NC(=O)C3CCCCN3)cc2)cc1.Cl. The minimum Gasteiger partial charge on any atom is -0.494 e. The van der Waals surface area contributed by atoms with Crippen LogP contribution in [-0.4, -0.2) is 31.0 Å². The van der Waals surface area contributed by atoms with Crippen LogP contribution in [-0.2, 0) is 4.79 Å². The Morgan fingerprint density at radius 3 is 2.25 bits per heavy atom. The maximum atomic E-state index is 12.4. The minimum absolute atomic E-state index is 0. The molecule has 2 aromatic carbocycles. The molecule has 1 atom stereocenters. The van der Waals surface area contributed by atoms with Gasteiger partial charge in [0.05, 0.1) is 12.6 Å². The Morgan fingerprint density at radius 1 is 1.00 bits per heavy atom. The second-order valence-corrected chi connectivity index (χ2v) is 6.48. The molecule has 3 N–H and O–H groups in total. The van der Waals surface area contributed by atoms with E-state index in [-0.39, 0.29) is 30.3 Å². The summed E-state index contributed by atoms with van der Waals surface area (Å²) < 4.78 is 5.39. The Morgan fingerprint density at radius 2 is 1.64 bits per heavy atom. The highest BCUT2D eigenvalue weighted by Gasteiger charge is 2.20. The van der Waals surface area contributed by atoms with Crippen molar-refractivity contribution >= 4 is 35.6 Å². The van der Waals surface area contributed by atoms with Crippen LogP contribution in [0.25, 0.3) is 0 Å². The first-order valence-electron chi connectivity index (χ1n) is 9.34. The molecule has 6 nitrogen and oxygen atoms in total. The molecule has 3 rings (SSSR count). The molecule has 1 unspecified atom stereocenters. The van der Waals surface area contributed by atoms with Crippen LogP contribution in [0.3, 0.4) is 0 Å². The van der Waals surface area contributed by atoms with Crippen LogP contribution < -0.4 is 20.7 Å². The third kappa shape index (κ3) is 5.97. The molecule has 28 heavy (non-hydrogen) atoms. The van der Waals surface area contributed by atoms with Gasteiger partial charge < -0.3 is 20.7 Å². The Kier molecular flexibility index (Phi) is 8.29. The molecule has 0 bridgehead atoms. The molecule has 0 aliphatic carbocycles. The molecule has 0 aromatic heterocycles. The van der Waals surface area contributed by atoms with Crippen molar-refractivity contribution in [3.05, 3.63) is 54.1 Å². The van der Waals surface area contributed by atoms with Crippen LogP contribution in [0.2, 0.25) is 0 Å². The summed E-state index contributed by atoms with van der Waals surface area (Å²) in [5.74, 6) is 0.537. The van der Waals surface area contributed by atoms with E-state index in [0.717, 1.165) is 31.6 Å². The van der Waals surface area contributed by atoms with Gasteiger partial charge in [0.1, 0.15) is 5.75 Å². The van der Waals surface area contributed by atoms with Crippen molar-refractivity contribution in [1.29, 1.82) is 0 Å². The number of rotatable bonds is 6. The second kappa shape index (κ2) is 10.7.